The fraction of sp³-hybridized carbons (Fsp3) is 0.450. The first-order chi connectivity index (χ1) is 26.0. The van der Waals surface area contributed by atoms with Crippen LogP contribution < -0.4 is 15.6 Å². The van der Waals surface area contributed by atoms with Gasteiger partial charge in [-0.1, -0.05) is 39.5 Å². The largest absolute Gasteiger partial charge is 0.453 e. The number of rotatable bonds is 9. The zero-order chi connectivity index (χ0) is 38.5. The number of likely N-dealkylation sites (tertiary alicyclic amines) is 2. The summed E-state index contributed by atoms with van der Waals surface area (Å²) in [6, 6.07) is 12.0. The molecule has 0 radical (unpaired) electrons. The van der Waals surface area contributed by atoms with E-state index >= 15 is 0 Å². The minimum atomic E-state index is -0.695. The number of methoxy groups -OCH3 is 2. The third-order valence-corrected chi connectivity index (χ3v) is 10.2. The Morgan fingerprint density at radius 2 is 1.35 bits per heavy atom. The normalized spacial score (nSPS) is 18.0. The van der Waals surface area contributed by atoms with Gasteiger partial charge >= 0.3 is 12.2 Å². The summed E-state index contributed by atoms with van der Waals surface area (Å²) < 4.78 is 9.50. The molecule has 14 nitrogen and oxygen atoms in total. The van der Waals surface area contributed by atoms with Gasteiger partial charge in [-0.2, -0.15) is 0 Å². The minimum absolute atomic E-state index is 0.0987. The Labute approximate surface area is 314 Å². The number of ether oxygens (including phenoxy) is 2. The first-order valence-corrected chi connectivity index (χ1v) is 18.5. The van der Waals surface area contributed by atoms with Gasteiger partial charge < -0.3 is 34.9 Å². The predicted octanol–water partition coefficient (Wildman–Crippen LogP) is 4.86. The van der Waals surface area contributed by atoms with Crippen molar-refractivity contribution in [3.05, 3.63) is 71.4 Å². The van der Waals surface area contributed by atoms with Gasteiger partial charge in [-0.3, -0.25) is 9.59 Å². The van der Waals surface area contributed by atoms with E-state index < -0.39 is 24.3 Å². The van der Waals surface area contributed by atoms with Crippen LogP contribution in [0.15, 0.2) is 48.7 Å². The fourth-order valence-corrected chi connectivity index (χ4v) is 7.25. The maximum atomic E-state index is 13.5. The van der Waals surface area contributed by atoms with Crippen molar-refractivity contribution in [2.45, 2.75) is 77.5 Å². The topological polar surface area (TPSA) is 176 Å². The average molecular weight is 738 g/mol. The number of nitrogens with one attached hydrogen (secondary N) is 5. The van der Waals surface area contributed by atoms with Crippen molar-refractivity contribution >= 4 is 35.0 Å². The molecule has 4 heterocycles. The molecule has 0 unspecified atom stereocenters. The van der Waals surface area contributed by atoms with Crippen LogP contribution in [0.25, 0.3) is 22.3 Å². The maximum absolute atomic E-state index is 13.5. The van der Waals surface area contributed by atoms with Crippen LogP contribution in [0.5, 0.6) is 0 Å². The van der Waals surface area contributed by atoms with Crippen LogP contribution in [0, 0.1) is 23.7 Å². The quantitative estimate of drug-likeness (QED) is 0.177. The summed E-state index contributed by atoms with van der Waals surface area (Å²) in [6.45, 7) is 8.79. The van der Waals surface area contributed by atoms with E-state index in [1.807, 2.05) is 81.3 Å². The Hall–Kier alpha value is -5.84. The van der Waals surface area contributed by atoms with E-state index in [1.165, 1.54) is 14.2 Å². The van der Waals surface area contributed by atoms with Gasteiger partial charge in [-0.05, 0) is 80.0 Å². The van der Waals surface area contributed by atoms with Gasteiger partial charge in [0.2, 0.25) is 11.8 Å². The van der Waals surface area contributed by atoms with E-state index in [1.54, 1.807) is 4.90 Å². The molecule has 2 saturated heterocycles. The van der Waals surface area contributed by atoms with E-state index in [4.69, 9.17) is 14.5 Å². The molecule has 0 saturated carbocycles. The molecule has 2 aliphatic heterocycles. The number of hydrogen-bond donors (Lipinski definition) is 4. The maximum Gasteiger partial charge on any atom is 0.407 e. The molecule has 4 amide bonds. The number of imidazole rings is 2. The zero-order valence-corrected chi connectivity index (χ0v) is 31.6. The van der Waals surface area contributed by atoms with Crippen molar-refractivity contribution in [1.29, 1.82) is 0 Å². The van der Waals surface area contributed by atoms with E-state index in [9.17, 15) is 19.2 Å². The van der Waals surface area contributed by atoms with Crippen molar-refractivity contribution < 1.29 is 33.6 Å². The number of aromatic nitrogens is 4. The standard InChI is InChI=1S/C40H48N8O6/c1-23(2)33(45-39(51)53-5)37(49)47-19-7-9-31(47)35-41-22-30(44-35)27-16-13-25(14-17-27)11-12-26-15-18-28-29(21-26)43-36(42-28)32-10-8-20-48(32)38(50)34(24(3)4)46-40(52)54-6/h13-18,21-24,31-34H,7-10,19-20H2,1-6H3,(H,41,44)(H,42,43)(H,45,51)(H,46,52)/p+1/t31-,32-,33-,34-/m0/s1. The number of carbonyl (C=O) groups is 4. The molecule has 0 aliphatic carbocycles. The SMILES string of the molecule is COC(=O)N[C@H](C(=O)N1CCC[C@H]1c1nc2ccc(C#Cc3ccc(-c4c[nH+]c([C@@H]5CCCN5C(=O)[C@@H](NC(=O)OC)C(C)C)[nH]4)cc3)cc2[nH]1)C(C)C. The van der Waals surface area contributed by atoms with Crippen LogP contribution >= 0.6 is 0 Å². The summed E-state index contributed by atoms with van der Waals surface area (Å²) in [7, 11) is 2.57. The van der Waals surface area contributed by atoms with Crippen LogP contribution in [-0.2, 0) is 19.1 Å². The van der Waals surface area contributed by atoms with Gasteiger partial charge in [-0.15, -0.1) is 0 Å². The second-order valence-corrected chi connectivity index (χ2v) is 14.5. The zero-order valence-electron chi connectivity index (χ0n) is 31.6. The lowest BCUT2D eigenvalue weighted by molar-refractivity contribution is -0.393. The van der Waals surface area contributed by atoms with Gasteiger partial charge in [0.05, 0.1) is 31.3 Å². The molecule has 0 bridgehead atoms. The third-order valence-electron chi connectivity index (χ3n) is 10.2. The van der Waals surface area contributed by atoms with Crippen molar-refractivity contribution in [3.8, 4) is 23.1 Å². The molecule has 4 aromatic rings. The lowest BCUT2D eigenvalue weighted by atomic mass is 10.0. The number of benzene rings is 2. The van der Waals surface area contributed by atoms with E-state index in [2.05, 4.69) is 37.4 Å². The summed E-state index contributed by atoms with van der Waals surface area (Å²) in [5.74, 6) is 7.57. The number of H-pyrrole nitrogens is 3. The first-order valence-electron chi connectivity index (χ1n) is 18.5. The van der Waals surface area contributed by atoms with Gasteiger partial charge in [0.15, 0.2) is 5.69 Å². The monoisotopic (exact) mass is 737 g/mol. The van der Waals surface area contributed by atoms with E-state index in [0.717, 1.165) is 64.9 Å². The highest BCUT2D eigenvalue weighted by Crippen LogP contribution is 2.34. The summed E-state index contributed by atoms with van der Waals surface area (Å²) in [5, 5.41) is 5.38. The molecule has 2 aromatic heterocycles. The van der Waals surface area contributed by atoms with Crippen molar-refractivity contribution in [2.24, 2.45) is 11.8 Å². The second kappa shape index (κ2) is 16.4. The Bertz CT molecular complexity index is 2060. The number of fused-ring (bicyclic) bond motifs is 1. The van der Waals surface area contributed by atoms with Gasteiger partial charge in [0.1, 0.15) is 30.1 Å². The van der Waals surface area contributed by atoms with E-state index in [-0.39, 0.29) is 35.7 Å². The van der Waals surface area contributed by atoms with E-state index in [0.29, 0.717) is 18.9 Å². The van der Waals surface area contributed by atoms with Crippen LogP contribution in [0.3, 0.4) is 0 Å². The smallest absolute Gasteiger partial charge is 0.407 e. The molecule has 5 N–H and O–H groups in total. The van der Waals surface area contributed by atoms with Crippen LogP contribution in [0.2, 0.25) is 0 Å². The van der Waals surface area contributed by atoms with Gasteiger partial charge in [0, 0.05) is 29.8 Å². The lowest BCUT2D eigenvalue weighted by Gasteiger charge is -2.29. The molecule has 4 atom stereocenters. The molecule has 2 fully saturated rings. The Balaban J connectivity index is 1.12. The molecule has 54 heavy (non-hydrogen) atoms. The molecule has 2 aliphatic rings. The lowest BCUT2D eigenvalue weighted by Crippen LogP contribution is -2.51. The summed E-state index contributed by atoms with van der Waals surface area (Å²) >= 11 is 0. The number of nitrogens with zero attached hydrogens (tertiary/aromatic N) is 3. The number of amides is 4. The summed E-state index contributed by atoms with van der Waals surface area (Å²) in [6.07, 6.45) is 3.93. The first kappa shape index (κ1) is 37.9. The third kappa shape index (κ3) is 8.20. The average Bonchev–Trinajstić information content (AvgIpc) is 4.00. The molecule has 14 heteroatoms. The second-order valence-electron chi connectivity index (χ2n) is 14.5. The Morgan fingerprint density at radius 3 is 1.94 bits per heavy atom. The molecule has 284 valence electrons. The predicted molar refractivity (Wildman–Crippen MR) is 201 cm³/mol. The Morgan fingerprint density at radius 1 is 0.796 bits per heavy atom. The van der Waals surface area contributed by atoms with Crippen molar-refractivity contribution in [2.75, 3.05) is 27.3 Å². The highest BCUT2D eigenvalue weighted by atomic mass is 16.5. The fourth-order valence-electron chi connectivity index (χ4n) is 7.25. The van der Waals surface area contributed by atoms with Crippen LogP contribution in [0.4, 0.5) is 9.59 Å². The number of carbonyl (C=O) groups excluding carboxylic acids is 4. The van der Waals surface area contributed by atoms with Gasteiger partial charge in [0.25, 0.3) is 5.82 Å². The molecule has 0 spiro atoms. The number of aromatic amines is 3. The molecule has 6 rings (SSSR count). The van der Waals surface area contributed by atoms with Crippen molar-refractivity contribution in [3.63, 3.8) is 0 Å². The molecular weight excluding hydrogens is 688 g/mol. The number of hydrogen-bond acceptors (Lipinski definition) is 7. The number of alkyl carbamates (subject to hydrolysis) is 2. The Kier molecular flexibility index (Phi) is 11.5. The summed E-state index contributed by atoms with van der Waals surface area (Å²) in [5.41, 5.74) is 5.16. The molecule has 2 aromatic carbocycles. The highest BCUT2D eigenvalue weighted by molar-refractivity contribution is 5.87. The van der Waals surface area contributed by atoms with Gasteiger partial charge in [-0.25, -0.2) is 24.5 Å². The van der Waals surface area contributed by atoms with Crippen LogP contribution in [0.1, 0.15) is 88.2 Å². The van der Waals surface area contributed by atoms with Crippen LogP contribution in [-0.4, -0.2) is 88.1 Å². The van der Waals surface area contributed by atoms with Crippen molar-refractivity contribution in [1.82, 2.24) is 35.4 Å². The summed E-state index contributed by atoms with van der Waals surface area (Å²) in [4.78, 5) is 69.6. The molecular formula is C40H49N8O6+. The minimum Gasteiger partial charge on any atom is -0.453 e. The highest BCUT2D eigenvalue weighted by Gasteiger charge is 2.40.